The van der Waals surface area contributed by atoms with E-state index in [0.717, 1.165) is 44.0 Å². The van der Waals surface area contributed by atoms with Gasteiger partial charge in [0.05, 0.1) is 15.7 Å². The van der Waals surface area contributed by atoms with Gasteiger partial charge in [-0.2, -0.15) is 0 Å². The van der Waals surface area contributed by atoms with Gasteiger partial charge in [-0.25, -0.2) is 9.97 Å². The molecule has 2 rings (SSSR count). The van der Waals surface area contributed by atoms with E-state index in [2.05, 4.69) is 51.7 Å². The van der Waals surface area contributed by atoms with Crippen molar-refractivity contribution in [3.05, 3.63) is 32.2 Å². The van der Waals surface area contributed by atoms with Crippen LogP contribution in [0, 0.1) is 0 Å². The molecular formula is C17H28IN5S2. The summed E-state index contributed by atoms with van der Waals surface area (Å²) in [6.07, 6.45) is 4.88. The number of aryl methyl sites for hydroxylation is 1. The van der Waals surface area contributed by atoms with Crippen LogP contribution in [0.2, 0.25) is 0 Å². The summed E-state index contributed by atoms with van der Waals surface area (Å²) in [5.41, 5.74) is 1.15. The maximum atomic E-state index is 4.66. The van der Waals surface area contributed by atoms with Crippen LogP contribution in [0.15, 0.2) is 16.6 Å². The second-order valence-corrected chi connectivity index (χ2v) is 7.92. The molecule has 140 valence electrons. The first kappa shape index (κ1) is 22.3. The minimum absolute atomic E-state index is 0. The summed E-state index contributed by atoms with van der Waals surface area (Å²) in [6, 6.07) is 0. The molecule has 2 heterocycles. The van der Waals surface area contributed by atoms with E-state index in [-0.39, 0.29) is 24.0 Å². The van der Waals surface area contributed by atoms with E-state index >= 15 is 0 Å². The van der Waals surface area contributed by atoms with E-state index in [1.54, 1.807) is 29.7 Å². The normalized spacial score (nSPS) is 11.5. The van der Waals surface area contributed by atoms with Crippen molar-refractivity contribution in [2.75, 3.05) is 20.1 Å². The summed E-state index contributed by atoms with van der Waals surface area (Å²) in [5, 5.41) is 11.2. The molecule has 0 saturated heterocycles. The largest absolute Gasteiger partial charge is 0.356 e. The van der Waals surface area contributed by atoms with E-state index < -0.39 is 0 Å². The average Bonchev–Trinajstić information content (AvgIpc) is 3.22. The number of guanidine groups is 1. The number of aliphatic imine (C=N–C) groups is 1. The highest BCUT2D eigenvalue weighted by atomic mass is 127. The van der Waals surface area contributed by atoms with Gasteiger partial charge < -0.3 is 10.6 Å². The molecule has 2 N–H and O–H groups in total. The maximum Gasteiger partial charge on any atom is 0.191 e. The Kier molecular flexibility index (Phi) is 10.5. The molecular weight excluding hydrogens is 465 g/mol. The van der Waals surface area contributed by atoms with Gasteiger partial charge in [-0.15, -0.1) is 46.7 Å². The lowest BCUT2D eigenvalue weighted by Gasteiger charge is -2.10. The zero-order valence-corrected chi connectivity index (χ0v) is 19.3. The monoisotopic (exact) mass is 493 g/mol. The fourth-order valence-corrected chi connectivity index (χ4v) is 3.88. The Bertz CT molecular complexity index is 651. The van der Waals surface area contributed by atoms with Gasteiger partial charge in [-0.1, -0.05) is 20.8 Å². The van der Waals surface area contributed by atoms with Crippen LogP contribution in [0.25, 0.3) is 0 Å². The van der Waals surface area contributed by atoms with Crippen LogP contribution in [0.3, 0.4) is 0 Å². The molecule has 2 aromatic heterocycles. The van der Waals surface area contributed by atoms with Crippen molar-refractivity contribution >= 4 is 52.6 Å². The number of thiazole rings is 2. The molecule has 0 atom stereocenters. The molecule has 0 aromatic carbocycles. The minimum atomic E-state index is 0. The van der Waals surface area contributed by atoms with Gasteiger partial charge >= 0.3 is 0 Å². The molecule has 0 radical (unpaired) electrons. The van der Waals surface area contributed by atoms with E-state index in [9.17, 15) is 0 Å². The third kappa shape index (κ3) is 7.57. The molecule has 0 fully saturated rings. The van der Waals surface area contributed by atoms with E-state index in [4.69, 9.17) is 0 Å². The van der Waals surface area contributed by atoms with Crippen LogP contribution in [0.4, 0.5) is 0 Å². The average molecular weight is 493 g/mol. The highest BCUT2D eigenvalue weighted by molar-refractivity contribution is 14.0. The molecule has 0 aliphatic rings. The second-order valence-electron chi connectivity index (χ2n) is 5.83. The first-order chi connectivity index (χ1) is 11.6. The molecule has 0 bridgehead atoms. The Balaban J connectivity index is 0.00000312. The molecule has 5 nitrogen and oxygen atoms in total. The number of halogens is 1. The van der Waals surface area contributed by atoms with Gasteiger partial charge in [0.1, 0.15) is 0 Å². The molecule has 0 unspecified atom stereocenters. The summed E-state index contributed by atoms with van der Waals surface area (Å²) >= 11 is 3.54. The quantitative estimate of drug-likeness (QED) is 0.333. The first-order valence-electron chi connectivity index (χ1n) is 8.44. The van der Waals surface area contributed by atoms with Gasteiger partial charge in [0.15, 0.2) is 5.96 Å². The molecule has 8 heteroatoms. The maximum absolute atomic E-state index is 4.66. The molecule has 0 aliphatic carbocycles. The number of hydrogen-bond acceptors (Lipinski definition) is 5. The molecule has 0 saturated carbocycles. The molecule has 25 heavy (non-hydrogen) atoms. The fraction of sp³-hybridized carbons (Fsp3) is 0.588. The van der Waals surface area contributed by atoms with Crippen LogP contribution in [0.1, 0.15) is 47.3 Å². The fourth-order valence-electron chi connectivity index (χ4n) is 2.15. The van der Waals surface area contributed by atoms with E-state index in [0.29, 0.717) is 5.92 Å². The van der Waals surface area contributed by atoms with Crippen molar-refractivity contribution in [3.8, 4) is 0 Å². The molecule has 0 amide bonds. The number of hydrogen-bond donors (Lipinski definition) is 2. The number of nitrogens with one attached hydrogen (secondary N) is 2. The topological polar surface area (TPSA) is 62.2 Å². The van der Waals surface area contributed by atoms with Crippen LogP contribution < -0.4 is 10.6 Å². The van der Waals surface area contributed by atoms with Crippen LogP contribution >= 0.6 is 46.7 Å². The Morgan fingerprint density at radius 3 is 2.52 bits per heavy atom. The summed E-state index contributed by atoms with van der Waals surface area (Å²) in [7, 11) is 1.80. The molecule has 0 aliphatic heterocycles. The number of nitrogens with zero attached hydrogens (tertiary/aromatic N) is 3. The smallest absolute Gasteiger partial charge is 0.191 e. The van der Waals surface area contributed by atoms with Crippen molar-refractivity contribution < 1.29 is 0 Å². The lowest BCUT2D eigenvalue weighted by molar-refractivity contribution is 0.769. The minimum Gasteiger partial charge on any atom is -0.356 e. The first-order valence-corrected chi connectivity index (χ1v) is 10.1. The SMILES string of the molecule is CCc1cnc(CCNC(=NC)NCCc2csc(C(C)C)n2)s1.I. The van der Waals surface area contributed by atoms with Gasteiger partial charge in [-0.3, -0.25) is 4.99 Å². The van der Waals surface area contributed by atoms with Crippen molar-refractivity contribution in [2.24, 2.45) is 4.99 Å². The van der Waals surface area contributed by atoms with Crippen molar-refractivity contribution in [2.45, 2.75) is 46.0 Å². The van der Waals surface area contributed by atoms with Crippen LogP contribution in [-0.2, 0) is 19.3 Å². The van der Waals surface area contributed by atoms with Crippen LogP contribution in [-0.4, -0.2) is 36.1 Å². The number of rotatable bonds is 8. The highest BCUT2D eigenvalue weighted by Gasteiger charge is 2.06. The zero-order chi connectivity index (χ0) is 17.4. The highest BCUT2D eigenvalue weighted by Crippen LogP contribution is 2.19. The predicted octanol–water partition coefficient (Wildman–Crippen LogP) is 3.85. The summed E-state index contributed by atoms with van der Waals surface area (Å²) in [6.45, 7) is 8.19. The van der Waals surface area contributed by atoms with Crippen LogP contribution in [0.5, 0.6) is 0 Å². The van der Waals surface area contributed by atoms with Gasteiger partial charge in [-0.05, 0) is 6.42 Å². The van der Waals surface area contributed by atoms with Crippen molar-refractivity contribution in [1.29, 1.82) is 0 Å². The third-order valence-electron chi connectivity index (χ3n) is 3.54. The molecule has 0 spiro atoms. The summed E-state index contributed by atoms with van der Waals surface area (Å²) in [4.78, 5) is 14.7. The van der Waals surface area contributed by atoms with E-state index in [1.165, 1.54) is 14.9 Å². The zero-order valence-electron chi connectivity index (χ0n) is 15.3. The van der Waals surface area contributed by atoms with Crippen molar-refractivity contribution in [1.82, 2.24) is 20.6 Å². The summed E-state index contributed by atoms with van der Waals surface area (Å²) < 4.78 is 0. The lowest BCUT2D eigenvalue weighted by Crippen LogP contribution is -2.39. The lowest BCUT2D eigenvalue weighted by atomic mass is 10.2. The van der Waals surface area contributed by atoms with Gasteiger partial charge in [0.25, 0.3) is 0 Å². The van der Waals surface area contributed by atoms with E-state index in [1.807, 2.05) is 6.20 Å². The van der Waals surface area contributed by atoms with Gasteiger partial charge in [0, 0.05) is 55.4 Å². The second kappa shape index (κ2) is 11.8. The third-order valence-corrected chi connectivity index (χ3v) is 5.94. The van der Waals surface area contributed by atoms with Gasteiger partial charge in [0.2, 0.25) is 0 Å². The van der Waals surface area contributed by atoms with Crippen molar-refractivity contribution in [3.63, 3.8) is 0 Å². The number of aromatic nitrogens is 2. The Labute approximate surface area is 175 Å². The molecule has 2 aromatic rings. The Morgan fingerprint density at radius 2 is 1.96 bits per heavy atom. The predicted molar refractivity (Wildman–Crippen MR) is 120 cm³/mol. The summed E-state index contributed by atoms with van der Waals surface area (Å²) in [5.74, 6) is 1.34. The standard InChI is InChI=1S/C17H27N5S2.HI/c1-5-14-10-21-15(24-14)7-9-20-17(18-4)19-8-6-13-11-23-16(22-13)12(2)3;/h10-12H,5-9H2,1-4H3,(H2,18,19,20);1H. The Morgan fingerprint density at radius 1 is 1.24 bits per heavy atom. The Hall–Kier alpha value is -0.740.